The van der Waals surface area contributed by atoms with Crippen molar-refractivity contribution in [1.29, 1.82) is 0 Å². The van der Waals surface area contributed by atoms with Crippen LogP contribution in [0.15, 0.2) is 17.0 Å². The molecule has 2 N–H and O–H groups in total. The fourth-order valence-corrected chi connectivity index (χ4v) is 3.08. The number of nitrogens with one attached hydrogen (secondary N) is 1. The third-order valence-electron chi connectivity index (χ3n) is 2.26. The molecule has 106 valence electrons. The topological polar surface area (TPSA) is 83.5 Å². The molecule has 0 spiro atoms. The van der Waals surface area contributed by atoms with Gasteiger partial charge in [-0.15, -0.1) is 0 Å². The number of carboxylic acids is 1. The molecule has 1 rings (SSSR count). The van der Waals surface area contributed by atoms with Crippen LogP contribution in [0.3, 0.4) is 0 Å². The average molecular weight is 289 g/mol. The highest BCUT2D eigenvalue weighted by Crippen LogP contribution is 2.22. The lowest BCUT2D eigenvalue weighted by atomic mass is 10.1. The maximum absolute atomic E-state index is 14.1. The molecule has 0 aromatic heterocycles. The fraction of sp³-hybridized carbons (Fsp3) is 0.417. The molecule has 0 aliphatic heterocycles. The van der Waals surface area contributed by atoms with E-state index in [4.69, 9.17) is 5.11 Å². The standard InChI is InChI=1S/C12H16FNO4S/c1-7-5-6-8(10(13)9(7)11(15)16)19(17,18)14-12(2,3)4/h5-6,14H,1-4H3,(H,15,16). The van der Waals surface area contributed by atoms with Gasteiger partial charge in [0.1, 0.15) is 4.90 Å². The molecule has 0 atom stereocenters. The predicted octanol–water partition coefficient (Wildman–Crippen LogP) is 1.91. The van der Waals surface area contributed by atoms with Crippen molar-refractivity contribution in [3.8, 4) is 0 Å². The number of halogens is 1. The van der Waals surface area contributed by atoms with Crippen LogP contribution in [0.25, 0.3) is 0 Å². The van der Waals surface area contributed by atoms with Gasteiger partial charge in [-0.25, -0.2) is 22.3 Å². The maximum Gasteiger partial charge on any atom is 0.339 e. The smallest absolute Gasteiger partial charge is 0.339 e. The Balaban J connectivity index is 3.46. The van der Waals surface area contributed by atoms with Crippen LogP contribution in [-0.2, 0) is 10.0 Å². The van der Waals surface area contributed by atoms with E-state index < -0.39 is 37.8 Å². The van der Waals surface area contributed by atoms with Crippen LogP contribution in [0.1, 0.15) is 36.7 Å². The van der Waals surface area contributed by atoms with Crippen LogP contribution >= 0.6 is 0 Å². The lowest BCUT2D eigenvalue weighted by Crippen LogP contribution is -2.41. The van der Waals surface area contributed by atoms with Crippen molar-refractivity contribution in [2.75, 3.05) is 0 Å². The zero-order chi connectivity index (χ0) is 15.0. The summed E-state index contributed by atoms with van der Waals surface area (Å²) in [7, 11) is -4.11. The van der Waals surface area contributed by atoms with Gasteiger partial charge in [0, 0.05) is 5.54 Å². The van der Waals surface area contributed by atoms with Crippen molar-refractivity contribution >= 4 is 16.0 Å². The Morgan fingerprint density at radius 3 is 2.26 bits per heavy atom. The second-order valence-corrected chi connectivity index (χ2v) is 6.88. The molecule has 0 bridgehead atoms. The van der Waals surface area contributed by atoms with E-state index in [2.05, 4.69) is 4.72 Å². The quantitative estimate of drug-likeness (QED) is 0.890. The maximum atomic E-state index is 14.1. The first-order valence-corrected chi connectivity index (χ1v) is 7.00. The van der Waals surface area contributed by atoms with Crippen LogP contribution in [0.4, 0.5) is 4.39 Å². The monoisotopic (exact) mass is 289 g/mol. The van der Waals surface area contributed by atoms with Gasteiger partial charge >= 0.3 is 5.97 Å². The van der Waals surface area contributed by atoms with Crippen LogP contribution in [0, 0.1) is 12.7 Å². The van der Waals surface area contributed by atoms with Gasteiger partial charge in [-0.05, 0) is 39.3 Å². The van der Waals surface area contributed by atoms with Gasteiger partial charge < -0.3 is 5.11 Å². The molecule has 0 amide bonds. The third-order valence-corrected chi connectivity index (χ3v) is 4.03. The number of hydrogen-bond acceptors (Lipinski definition) is 3. The minimum atomic E-state index is -4.11. The molecule has 7 heteroatoms. The van der Waals surface area contributed by atoms with E-state index in [1.165, 1.54) is 13.0 Å². The lowest BCUT2D eigenvalue weighted by Gasteiger charge is -2.21. The summed E-state index contributed by atoms with van der Waals surface area (Å²) in [6, 6.07) is 2.33. The van der Waals surface area contributed by atoms with Crippen LogP contribution in [0.2, 0.25) is 0 Å². The van der Waals surface area contributed by atoms with Crippen LogP contribution in [0.5, 0.6) is 0 Å². The number of carboxylic acid groups (broad SMARTS) is 1. The normalized spacial score (nSPS) is 12.5. The first kappa shape index (κ1) is 15.6. The minimum absolute atomic E-state index is 0.166. The van der Waals surface area contributed by atoms with E-state index in [0.29, 0.717) is 0 Å². The van der Waals surface area contributed by atoms with Crippen molar-refractivity contribution < 1.29 is 22.7 Å². The van der Waals surface area contributed by atoms with Gasteiger partial charge in [-0.3, -0.25) is 0 Å². The third kappa shape index (κ3) is 3.51. The van der Waals surface area contributed by atoms with E-state index in [1.54, 1.807) is 20.8 Å². The van der Waals surface area contributed by atoms with Crippen LogP contribution in [-0.4, -0.2) is 25.0 Å². The summed E-state index contributed by atoms with van der Waals surface area (Å²) in [5.41, 5.74) is -1.25. The number of hydrogen-bond donors (Lipinski definition) is 2. The SMILES string of the molecule is Cc1ccc(S(=O)(=O)NC(C)(C)C)c(F)c1C(=O)O. The molecule has 0 aliphatic rings. The fourth-order valence-electron chi connectivity index (χ4n) is 1.58. The molecule has 1 aromatic rings. The number of aromatic carboxylic acids is 1. The van der Waals surface area contributed by atoms with Crippen molar-refractivity contribution in [3.63, 3.8) is 0 Å². The van der Waals surface area contributed by atoms with Gasteiger partial charge in [0.15, 0.2) is 5.82 Å². The van der Waals surface area contributed by atoms with Crippen molar-refractivity contribution in [2.24, 2.45) is 0 Å². The summed E-state index contributed by atoms with van der Waals surface area (Å²) in [6.07, 6.45) is 0. The van der Waals surface area contributed by atoms with Gasteiger partial charge in [-0.2, -0.15) is 0 Å². The molecule has 1 aromatic carbocycles. The average Bonchev–Trinajstić information content (AvgIpc) is 2.11. The van der Waals surface area contributed by atoms with Gasteiger partial charge in [-0.1, -0.05) is 6.07 Å². The first-order valence-electron chi connectivity index (χ1n) is 5.52. The Kier molecular flexibility index (Phi) is 4.02. The van der Waals surface area contributed by atoms with Gasteiger partial charge in [0.05, 0.1) is 5.56 Å². The van der Waals surface area contributed by atoms with E-state index in [9.17, 15) is 17.6 Å². The molecule has 19 heavy (non-hydrogen) atoms. The number of benzene rings is 1. The predicted molar refractivity (Wildman–Crippen MR) is 68.2 cm³/mol. The number of sulfonamides is 1. The molecule has 0 saturated carbocycles. The largest absolute Gasteiger partial charge is 0.478 e. The number of rotatable bonds is 3. The lowest BCUT2D eigenvalue weighted by molar-refractivity contribution is 0.0690. The van der Waals surface area contributed by atoms with E-state index >= 15 is 0 Å². The zero-order valence-corrected chi connectivity index (χ0v) is 11.9. The molecular weight excluding hydrogens is 273 g/mol. The van der Waals surface area contributed by atoms with Crippen LogP contribution < -0.4 is 4.72 Å². The molecule has 0 unspecified atom stereocenters. The number of aryl methyl sites for hydroxylation is 1. The Morgan fingerprint density at radius 1 is 1.32 bits per heavy atom. The molecule has 0 aliphatic carbocycles. The zero-order valence-electron chi connectivity index (χ0n) is 11.1. The summed E-state index contributed by atoms with van der Waals surface area (Å²) in [6.45, 7) is 6.22. The highest BCUT2D eigenvalue weighted by molar-refractivity contribution is 7.89. The molecule has 0 radical (unpaired) electrons. The summed E-state index contributed by atoms with van der Waals surface area (Å²) < 4.78 is 40.4. The highest BCUT2D eigenvalue weighted by Gasteiger charge is 2.28. The molecule has 0 fully saturated rings. The summed E-state index contributed by atoms with van der Waals surface area (Å²) in [5.74, 6) is -2.74. The molecule has 0 saturated heterocycles. The minimum Gasteiger partial charge on any atom is -0.478 e. The van der Waals surface area contributed by atoms with Crippen molar-refractivity contribution in [1.82, 2.24) is 4.72 Å². The number of carbonyl (C=O) groups is 1. The van der Waals surface area contributed by atoms with E-state index in [1.807, 2.05) is 0 Å². The van der Waals surface area contributed by atoms with Gasteiger partial charge in [0.25, 0.3) is 0 Å². The highest BCUT2D eigenvalue weighted by atomic mass is 32.2. The summed E-state index contributed by atoms with van der Waals surface area (Å²) in [5, 5.41) is 8.91. The second-order valence-electron chi connectivity index (χ2n) is 5.23. The Bertz CT molecular complexity index is 617. The van der Waals surface area contributed by atoms with E-state index in [0.717, 1.165) is 6.07 Å². The second kappa shape index (κ2) is 4.90. The first-order chi connectivity index (χ1) is 8.46. The Labute approximate surface area is 111 Å². The Morgan fingerprint density at radius 2 is 1.84 bits per heavy atom. The van der Waals surface area contributed by atoms with Gasteiger partial charge in [0.2, 0.25) is 10.0 Å². The summed E-state index contributed by atoms with van der Waals surface area (Å²) >= 11 is 0. The van der Waals surface area contributed by atoms with E-state index in [-0.39, 0.29) is 5.56 Å². The molecular formula is C12H16FNO4S. The Hall–Kier alpha value is -1.47. The molecule has 5 nitrogen and oxygen atoms in total. The van der Waals surface area contributed by atoms with Crippen molar-refractivity contribution in [2.45, 2.75) is 38.1 Å². The van der Waals surface area contributed by atoms with Crippen molar-refractivity contribution in [3.05, 3.63) is 29.1 Å². The molecule has 0 heterocycles. The summed E-state index contributed by atoms with van der Waals surface area (Å²) in [4.78, 5) is 10.3.